The number of hydrogen-bond acceptors (Lipinski definition) is 3. The smallest absolute Gasteiger partial charge is 0.338 e. The number of nitriles is 1. The second-order valence-electron chi connectivity index (χ2n) is 4.32. The molecule has 0 aromatic heterocycles. The summed E-state index contributed by atoms with van der Waals surface area (Å²) in [6, 6.07) is 5.70. The summed E-state index contributed by atoms with van der Waals surface area (Å²) in [6.07, 6.45) is 3.03. The van der Waals surface area contributed by atoms with E-state index in [1.54, 1.807) is 12.1 Å². The predicted molar refractivity (Wildman–Crippen MR) is 57.1 cm³/mol. The van der Waals surface area contributed by atoms with Gasteiger partial charge in [0.15, 0.2) is 0 Å². The number of fused-ring (bicyclic) bond motifs is 1. The maximum absolute atomic E-state index is 11.6. The Hall–Kier alpha value is -1.82. The van der Waals surface area contributed by atoms with Crippen LogP contribution in [-0.2, 0) is 11.2 Å². The van der Waals surface area contributed by atoms with Crippen LogP contribution in [0, 0.1) is 11.3 Å². The van der Waals surface area contributed by atoms with E-state index >= 15 is 0 Å². The van der Waals surface area contributed by atoms with Crippen LogP contribution in [0.4, 0.5) is 0 Å². The first-order valence-electron chi connectivity index (χ1n) is 5.54. The molecule has 0 radical (unpaired) electrons. The molecule has 1 aromatic carbocycles. The minimum Gasteiger partial charge on any atom is -0.462 e. The molecule has 0 saturated heterocycles. The van der Waals surface area contributed by atoms with Crippen LogP contribution in [-0.4, -0.2) is 12.6 Å². The van der Waals surface area contributed by atoms with Crippen molar-refractivity contribution in [3.8, 4) is 6.07 Å². The second kappa shape index (κ2) is 3.34. The normalized spacial score (nSPS) is 18.6. The van der Waals surface area contributed by atoms with Gasteiger partial charge < -0.3 is 4.74 Å². The summed E-state index contributed by atoms with van der Waals surface area (Å²) < 4.78 is 5.01. The Labute approximate surface area is 93.6 Å². The van der Waals surface area contributed by atoms with E-state index in [1.807, 2.05) is 0 Å². The number of hydrogen-bond donors (Lipinski definition) is 0. The van der Waals surface area contributed by atoms with Gasteiger partial charge in [-0.2, -0.15) is 5.26 Å². The lowest BCUT2D eigenvalue weighted by Gasteiger charge is -2.19. The fourth-order valence-corrected chi connectivity index (χ4v) is 2.38. The van der Waals surface area contributed by atoms with Crippen LogP contribution in [0.1, 0.15) is 45.8 Å². The molecule has 1 aliphatic heterocycles. The lowest BCUT2D eigenvalue weighted by molar-refractivity contribution is 0.0479. The van der Waals surface area contributed by atoms with Crippen molar-refractivity contribution in [1.29, 1.82) is 5.26 Å². The molecule has 0 atom stereocenters. The molecule has 1 heterocycles. The van der Waals surface area contributed by atoms with Crippen molar-refractivity contribution in [3.05, 3.63) is 34.4 Å². The van der Waals surface area contributed by atoms with Crippen molar-refractivity contribution in [2.24, 2.45) is 0 Å². The Morgan fingerprint density at radius 3 is 2.88 bits per heavy atom. The summed E-state index contributed by atoms with van der Waals surface area (Å²) in [6.45, 7) is 0.445. The first-order chi connectivity index (χ1) is 7.81. The topological polar surface area (TPSA) is 50.1 Å². The molecule has 0 N–H and O–H groups in total. The highest BCUT2D eigenvalue weighted by Gasteiger charge is 2.32. The molecule has 0 spiro atoms. The molecule has 80 valence electrons. The van der Waals surface area contributed by atoms with Crippen LogP contribution in [0.5, 0.6) is 0 Å². The number of esters is 1. The Morgan fingerprint density at radius 2 is 2.19 bits per heavy atom. The van der Waals surface area contributed by atoms with E-state index in [4.69, 9.17) is 10.00 Å². The molecule has 3 heteroatoms. The molecule has 1 fully saturated rings. The second-order valence-corrected chi connectivity index (χ2v) is 4.32. The third-order valence-electron chi connectivity index (χ3n) is 3.27. The lowest BCUT2D eigenvalue weighted by atomic mass is 9.90. The molecule has 16 heavy (non-hydrogen) atoms. The van der Waals surface area contributed by atoms with Gasteiger partial charge in [0, 0.05) is 6.42 Å². The minimum atomic E-state index is -0.243. The van der Waals surface area contributed by atoms with Crippen molar-refractivity contribution >= 4 is 5.97 Å². The van der Waals surface area contributed by atoms with Gasteiger partial charge in [-0.15, -0.1) is 0 Å². The largest absolute Gasteiger partial charge is 0.462 e. The molecule has 1 aromatic rings. The fourth-order valence-electron chi connectivity index (χ4n) is 2.38. The number of carbonyl (C=O) groups excluding carboxylic acids is 1. The van der Waals surface area contributed by atoms with Crippen LogP contribution in [0.15, 0.2) is 12.1 Å². The molecule has 2 aliphatic rings. The summed E-state index contributed by atoms with van der Waals surface area (Å²) in [5.74, 6) is 0.253. The van der Waals surface area contributed by atoms with E-state index < -0.39 is 0 Å². The highest BCUT2D eigenvalue weighted by molar-refractivity contribution is 5.93. The Balaban J connectivity index is 2.22. The van der Waals surface area contributed by atoms with Crippen LogP contribution < -0.4 is 0 Å². The van der Waals surface area contributed by atoms with Crippen molar-refractivity contribution < 1.29 is 9.53 Å². The maximum Gasteiger partial charge on any atom is 0.338 e. The lowest BCUT2D eigenvalue weighted by Crippen LogP contribution is -2.19. The van der Waals surface area contributed by atoms with Crippen LogP contribution in [0.3, 0.4) is 0 Å². The molecule has 3 nitrogen and oxygen atoms in total. The maximum atomic E-state index is 11.6. The fraction of sp³-hybridized carbons (Fsp3) is 0.385. The number of ether oxygens (including phenoxy) is 1. The van der Waals surface area contributed by atoms with E-state index in [2.05, 4.69) is 6.07 Å². The van der Waals surface area contributed by atoms with Gasteiger partial charge in [-0.3, -0.25) is 0 Å². The number of rotatable bonds is 1. The molecule has 0 amide bonds. The Bertz CT molecular complexity index is 509. The SMILES string of the molecule is N#Cc1ccc2c(c1C1CC1)CCOC2=O. The first kappa shape index (κ1) is 9.41. The van der Waals surface area contributed by atoms with Crippen molar-refractivity contribution in [1.82, 2.24) is 0 Å². The summed E-state index contributed by atoms with van der Waals surface area (Å²) in [7, 11) is 0. The molecule has 0 bridgehead atoms. The van der Waals surface area contributed by atoms with E-state index in [1.165, 1.54) is 0 Å². The van der Waals surface area contributed by atoms with Crippen molar-refractivity contribution in [2.45, 2.75) is 25.2 Å². The van der Waals surface area contributed by atoms with Gasteiger partial charge in [-0.1, -0.05) is 0 Å². The van der Waals surface area contributed by atoms with Crippen LogP contribution >= 0.6 is 0 Å². The third-order valence-corrected chi connectivity index (χ3v) is 3.27. The van der Waals surface area contributed by atoms with E-state index in [0.717, 1.165) is 36.0 Å². The first-order valence-corrected chi connectivity index (χ1v) is 5.54. The Kier molecular flexibility index (Phi) is 1.97. The number of carbonyl (C=O) groups is 1. The molecule has 0 unspecified atom stereocenters. The van der Waals surface area contributed by atoms with E-state index in [-0.39, 0.29) is 5.97 Å². The molecule has 3 rings (SSSR count). The van der Waals surface area contributed by atoms with Gasteiger partial charge in [-0.25, -0.2) is 4.79 Å². The van der Waals surface area contributed by atoms with Crippen molar-refractivity contribution in [3.63, 3.8) is 0 Å². The monoisotopic (exact) mass is 213 g/mol. The van der Waals surface area contributed by atoms with Crippen LogP contribution in [0.25, 0.3) is 0 Å². The standard InChI is InChI=1S/C13H11NO2/c14-7-9-3-4-11-10(5-6-16-13(11)15)12(9)8-1-2-8/h3-4,8H,1-2,5-6H2. The summed E-state index contributed by atoms with van der Waals surface area (Å²) in [5.41, 5.74) is 3.55. The number of benzene rings is 1. The zero-order valence-corrected chi connectivity index (χ0v) is 8.82. The number of nitrogens with zero attached hydrogens (tertiary/aromatic N) is 1. The third kappa shape index (κ3) is 1.30. The molecule has 1 aliphatic carbocycles. The molecule has 1 saturated carbocycles. The van der Waals surface area contributed by atoms with Crippen molar-refractivity contribution in [2.75, 3.05) is 6.61 Å². The van der Waals surface area contributed by atoms with Gasteiger partial charge in [0.2, 0.25) is 0 Å². The average molecular weight is 213 g/mol. The quantitative estimate of drug-likeness (QED) is 0.671. The minimum absolute atomic E-state index is 0.243. The number of cyclic esters (lactones) is 1. The molecular formula is C13H11NO2. The van der Waals surface area contributed by atoms with E-state index in [0.29, 0.717) is 18.1 Å². The van der Waals surface area contributed by atoms with Gasteiger partial charge in [-0.05, 0) is 42.0 Å². The summed E-state index contributed by atoms with van der Waals surface area (Å²) >= 11 is 0. The van der Waals surface area contributed by atoms with Gasteiger partial charge in [0.05, 0.1) is 23.8 Å². The van der Waals surface area contributed by atoms with Gasteiger partial charge in [0.1, 0.15) is 0 Å². The highest BCUT2D eigenvalue weighted by atomic mass is 16.5. The Morgan fingerprint density at radius 1 is 1.38 bits per heavy atom. The molecular weight excluding hydrogens is 202 g/mol. The highest BCUT2D eigenvalue weighted by Crippen LogP contribution is 2.44. The van der Waals surface area contributed by atoms with Crippen LogP contribution in [0.2, 0.25) is 0 Å². The van der Waals surface area contributed by atoms with Gasteiger partial charge >= 0.3 is 5.97 Å². The zero-order chi connectivity index (χ0) is 11.1. The summed E-state index contributed by atoms with van der Waals surface area (Å²) in [5, 5.41) is 9.10. The zero-order valence-electron chi connectivity index (χ0n) is 8.82. The average Bonchev–Trinajstić information content (AvgIpc) is 3.12. The van der Waals surface area contributed by atoms with Gasteiger partial charge in [0.25, 0.3) is 0 Å². The van der Waals surface area contributed by atoms with E-state index in [9.17, 15) is 4.79 Å². The summed E-state index contributed by atoms with van der Waals surface area (Å²) in [4.78, 5) is 11.6. The predicted octanol–water partition coefficient (Wildman–Crippen LogP) is 2.15.